The lowest BCUT2D eigenvalue weighted by Crippen LogP contribution is -2.37. The van der Waals surface area contributed by atoms with Gasteiger partial charge in [0.05, 0.1) is 0 Å². The molecule has 0 radical (unpaired) electrons. The number of likely N-dealkylation sites (tertiary alicyclic amines) is 1. The Bertz CT molecular complexity index is 602. The van der Waals surface area contributed by atoms with E-state index in [1.165, 1.54) is 9.80 Å². The molecule has 0 aliphatic carbocycles. The first-order chi connectivity index (χ1) is 10.6. The molecule has 2 aliphatic heterocycles. The van der Waals surface area contributed by atoms with E-state index in [4.69, 9.17) is 0 Å². The highest BCUT2D eigenvalue weighted by Gasteiger charge is 2.37. The number of urea groups is 1. The molecular weight excluding hydrogens is 282 g/mol. The average molecular weight is 301 g/mol. The van der Waals surface area contributed by atoms with Crippen molar-refractivity contribution in [3.05, 3.63) is 35.9 Å². The summed E-state index contributed by atoms with van der Waals surface area (Å²) < 4.78 is 0. The lowest BCUT2D eigenvalue weighted by atomic mass is 10.1. The van der Waals surface area contributed by atoms with Gasteiger partial charge in [-0.3, -0.25) is 14.5 Å². The largest absolute Gasteiger partial charge is 0.338 e. The van der Waals surface area contributed by atoms with Crippen LogP contribution >= 0.6 is 0 Å². The lowest BCUT2D eigenvalue weighted by Gasteiger charge is -2.20. The Morgan fingerprint density at radius 2 is 1.95 bits per heavy atom. The van der Waals surface area contributed by atoms with Crippen molar-refractivity contribution in [3.63, 3.8) is 0 Å². The maximum Gasteiger partial charge on any atom is 0.326 e. The van der Waals surface area contributed by atoms with Gasteiger partial charge in [-0.2, -0.15) is 0 Å². The monoisotopic (exact) mass is 301 g/mol. The summed E-state index contributed by atoms with van der Waals surface area (Å²) >= 11 is 0. The Balaban J connectivity index is 1.60. The van der Waals surface area contributed by atoms with Gasteiger partial charge < -0.3 is 9.80 Å². The summed E-state index contributed by atoms with van der Waals surface area (Å²) in [6, 6.07) is 8.94. The first kappa shape index (κ1) is 14.6. The minimum Gasteiger partial charge on any atom is -0.338 e. The SMILES string of the molecule is CN1CC(=O)N(C[C@H]2CCN(C(=O)c3ccccc3)C2)C1=O. The standard InChI is InChI=1S/C16H19N3O3/c1-17-11-14(20)19(16(17)22)10-12-7-8-18(9-12)15(21)13-5-3-2-4-6-13/h2-6,12H,7-11H2,1H3/t12-/m0/s1. The number of hydrogen-bond acceptors (Lipinski definition) is 3. The van der Waals surface area contributed by atoms with Crippen LogP contribution in [0.2, 0.25) is 0 Å². The van der Waals surface area contributed by atoms with Gasteiger partial charge in [-0.05, 0) is 24.5 Å². The first-order valence-electron chi connectivity index (χ1n) is 7.46. The summed E-state index contributed by atoms with van der Waals surface area (Å²) in [6.45, 7) is 1.82. The lowest BCUT2D eigenvalue weighted by molar-refractivity contribution is -0.125. The van der Waals surface area contributed by atoms with E-state index in [9.17, 15) is 14.4 Å². The van der Waals surface area contributed by atoms with Crippen LogP contribution in [0, 0.1) is 5.92 Å². The summed E-state index contributed by atoms with van der Waals surface area (Å²) in [7, 11) is 1.63. The molecule has 3 rings (SSSR count). The predicted octanol–water partition coefficient (Wildman–Crippen LogP) is 1.04. The van der Waals surface area contributed by atoms with Crippen molar-refractivity contribution in [2.75, 3.05) is 33.2 Å². The molecule has 0 bridgehead atoms. The molecule has 0 saturated carbocycles. The zero-order valence-corrected chi connectivity index (χ0v) is 12.6. The molecule has 1 aromatic carbocycles. The molecule has 116 valence electrons. The van der Waals surface area contributed by atoms with Crippen LogP contribution in [0.1, 0.15) is 16.8 Å². The fraction of sp³-hybridized carbons (Fsp3) is 0.438. The Labute approximate surface area is 129 Å². The molecule has 1 atom stereocenters. The second-order valence-electron chi connectivity index (χ2n) is 5.91. The predicted molar refractivity (Wildman–Crippen MR) is 80.2 cm³/mol. The van der Waals surface area contributed by atoms with E-state index in [0.717, 1.165) is 6.42 Å². The third-order valence-corrected chi connectivity index (χ3v) is 4.27. The minimum atomic E-state index is -0.238. The smallest absolute Gasteiger partial charge is 0.326 e. The molecule has 0 N–H and O–H groups in total. The van der Waals surface area contributed by atoms with Crippen molar-refractivity contribution < 1.29 is 14.4 Å². The van der Waals surface area contributed by atoms with Crippen LogP contribution in [0.25, 0.3) is 0 Å². The molecule has 0 aromatic heterocycles. The zero-order chi connectivity index (χ0) is 15.7. The van der Waals surface area contributed by atoms with Gasteiger partial charge in [0, 0.05) is 32.2 Å². The summed E-state index contributed by atoms with van der Waals surface area (Å²) in [5.41, 5.74) is 0.677. The van der Waals surface area contributed by atoms with Crippen LogP contribution in [0.5, 0.6) is 0 Å². The molecule has 2 heterocycles. The number of carbonyl (C=O) groups is 3. The number of rotatable bonds is 3. The van der Waals surface area contributed by atoms with Gasteiger partial charge in [-0.15, -0.1) is 0 Å². The van der Waals surface area contributed by atoms with E-state index in [2.05, 4.69) is 0 Å². The highest BCUT2D eigenvalue weighted by Crippen LogP contribution is 2.21. The third kappa shape index (κ3) is 2.68. The van der Waals surface area contributed by atoms with Crippen LogP contribution < -0.4 is 0 Å². The molecule has 22 heavy (non-hydrogen) atoms. The van der Waals surface area contributed by atoms with Gasteiger partial charge in [-0.1, -0.05) is 18.2 Å². The molecule has 2 saturated heterocycles. The average Bonchev–Trinajstić information content (AvgIpc) is 3.08. The van der Waals surface area contributed by atoms with Gasteiger partial charge in [0.15, 0.2) is 0 Å². The maximum absolute atomic E-state index is 12.4. The number of amides is 4. The van der Waals surface area contributed by atoms with Crippen LogP contribution in [0.3, 0.4) is 0 Å². The van der Waals surface area contributed by atoms with Crippen LogP contribution in [-0.4, -0.2) is 65.8 Å². The van der Waals surface area contributed by atoms with Gasteiger partial charge >= 0.3 is 6.03 Å². The Hall–Kier alpha value is -2.37. The quantitative estimate of drug-likeness (QED) is 0.784. The van der Waals surface area contributed by atoms with Gasteiger partial charge in [-0.25, -0.2) is 4.79 Å². The number of nitrogens with zero attached hydrogens (tertiary/aromatic N) is 3. The number of likely N-dealkylation sites (N-methyl/N-ethyl adjacent to an activating group) is 1. The van der Waals surface area contributed by atoms with Crippen molar-refractivity contribution in [2.24, 2.45) is 5.92 Å². The number of imide groups is 1. The molecule has 6 nitrogen and oxygen atoms in total. The minimum absolute atomic E-state index is 0.0132. The molecule has 6 heteroatoms. The molecule has 2 aliphatic rings. The summed E-state index contributed by atoms with van der Waals surface area (Å²) in [4.78, 5) is 40.6. The van der Waals surface area contributed by atoms with Crippen molar-refractivity contribution in [1.82, 2.24) is 14.7 Å². The molecule has 2 fully saturated rings. The Kier molecular flexibility index (Phi) is 3.83. The van der Waals surface area contributed by atoms with Gasteiger partial charge in [0.1, 0.15) is 6.54 Å². The number of carbonyl (C=O) groups excluding carboxylic acids is 3. The molecule has 1 aromatic rings. The van der Waals surface area contributed by atoms with Crippen LogP contribution in [-0.2, 0) is 4.79 Å². The third-order valence-electron chi connectivity index (χ3n) is 4.27. The number of benzene rings is 1. The van der Waals surface area contributed by atoms with Crippen LogP contribution in [0.4, 0.5) is 4.79 Å². The van der Waals surface area contributed by atoms with E-state index in [1.54, 1.807) is 24.1 Å². The van der Waals surface area contributed by atoms with E-state index >= 15 is 0 Å². The Morgan fingerprint density at radius 1 is 1.23 bits per heavy atom. The molecule has 0 spiro atoms. The maximum atomic E-state index is 12.4. The second kappa shape index (κ2) is 5.79. The second-order valence-corrected chi connectivity index (χ2v) is 5.91. The molecule has 0 unspecified atom stereocenters. The first-order valence-corrected chi connectivity index (χ1v) is 7.46. The Morgan fingerprint density at radius 3 is 2.59 bits per heavy atom. The highest BCUT2D eigenvalue weighted by atomic mass is 16.2. The normalized spacial score (nSPS) is 21.9. The van der Waals surface area contributed by atoms with Crippen molar-refractivity contribution >= 4 is 17.8 Å². The molecule has 4 amide bonds. The topological polar surface area (TPSA) is 60.9 Å². The van der Waals surface area contributed by atoms with E-state index < -0.39 is 0 Å². The van der Waals surface area contributed by atoms with Crippen molar-refractivity contribution in [3.8, 4) is 0 Å². The van der Waals surface area contributed by atoms with E-state index in [0.29, 0.717) is 25.2 Å². The fourth-order valence-electron chi connectivity index (χ4n) is 3.04. The number of hydrogen-bond donors (Lipinski definition) is 0. The zero-order valence-electron chi connectivity index (χ0n) is 12.6. The fourth-order valence-corrected chi connectivity index (χ4v) is 3.04. The van der Waals surface area contributed by atoms with Crippen molar-refractivity contribution in [1.29, 1.82) is 0 Å². The van der Waals surface area contributed by atoms with E-state index in [1.807, 2.05) is 18.2 Å². The van der Waals surface area contributed by atoms with Gasteiger partial charge in [0.25, 0.3) is 5.91 Å². The molecular formula is C16H19N3O3. The summed E-state index contributed by atoms with van der Waals surface area (Å²) in [5.74, 6) is 0.0201. The summed E-state index contributed by atoms with van der Waals surface area (Å²) in [5, 5.41) is 0. The van der Waals surface area contributed by atoms with Gasteiger partial charge in [0.2, 0.25) is 5.91 Å². The highest BCUT2D eigenvalue weighted by molar-refractivity contribution is 6.01. The van der Waals surface area contributed by atoms with Crippen LogP contribution in [0.15, 0.2) is 30.3 Å². The van der Waals surface area contributed by atoms with Crippen molar-refractivity contribution in [2.45, 2.75) is 6.42 Å². The van der Waals surface area contributed by atoms with E-state index in [-0.39, 0.29) is 30.3 Å². The summed E-state index contributed by atoms with van der Waals surface area (Å²) in [6.07, 6.45) is 0.819.